The number of hydrogen-bond donors (Lipinski definition) is 1. The molecule has 0 spiro atoms. The van der Waals surface area contributed by atoms with Crippen molar-refractivity contribution in [3.8, 4) is 11.4 Å². The fourth-order valence-corrected chi connectivity index (χ4v) is 3.06. The first kappa shape index (κ1) is 18.1. The molecule has 0 atom stereocenters. The van der Waals surface area contributed by atoms with Gasteiger partial charge < -0.3 is 4.57 Å². The van der Waals surface area contributed by atoms with E-state index in [1.54, 1.807) is 12.1 Å². The molecule has 3 rings (SSSR count). The first-order valence-corrected chi connectivity index (χ1v) is 8.91. The van der Waals surface area contributed by atoms with Crippen molar-refractivity contribution >= 4 is 11.2 Å². The number of benzene rings is 1. The molecule has 0 aliphatic heterocycles. The summed E-state index contributed by atoms with van der Waals surface area (Å²) in [6.45, 7) is 7.18. The molecule has 0 aliphatic carbocycles. The van der Waals surface area contributed by atoms with Crippen molar-refractivity contribution in [2.24, 2.45) is 5.92 Å². The number of aromatic amines is 1. The average molecular weight is 358 g/mol. The van der Waals surface area contributed by atoms with Crippen molar-refractivity contribution in [2.75, 3.05) is 0 Å². The Labute approximate surface area is 150 Å². The van der Waals surface area contributed by atoms with Gasteiger partial charge in [0.2, 0.25) is 0 Å². The number of halogens is 1. The lowest BCUT2D eigenvalue weighted by Gasteiger charge is -2.11. The Hall–Kier alpha value is -2.70. The quantitative estimate of drug-likeness (QED) is 0.736. The predicted octanol–water partition coefficient (Wildman–Crippen LogP) is 3.15. The Morgan fingerprint density at radius 3 is 2.46 bits per heavy atom. The minimum atomic E-state index is -0.448. The maximum absolute atomic E-state index is 13.3. The van der Waals surface area contributed by atoms with E-state index in [0.717, 1.165) is 12.8 Å². The maximum Gasteiger partial charge on any atom is 0.330 e. The summed E-state index contributed by atoms with van der Waals surface area (Å²) in [5.74, 6) is 0.495. The summed E-state index contributed by atoms with van der Waals surface area (Å²) in [4.78, 5) is 31.9. The SMILES string of the molecule is CCCCn1c(=O)[nH]c(=O)c2c1nc(-c1ccc(F)cc1)n2CC(C)C. The number of aryl methyl sites for hydroxylation is 1. The molecule has 0 bridgehead atoms. The predicted molar refractivity (Wildman–Crippen MR) is 99.8 cm³/mol. The second-order valence-corrected chi connectivity index (χ2v) is 6.88. The van der Waals surface area contributed by atoms with Crippen molar-refractivity contribution in [1.82, 2.24) is 19.1 Å². The highest BCUT2D eigenvalue weighted by Gasteiger charge is 2.20. The molecule has 0 saturated heterocycles. The van der Waals surface area contributed by atoms with E-state index >= 15 is 0 Å². The van der Waals surface area contributed by atoms with Crippen LogP contribution in [0.2, 0.25) is 0 Å². The standard InChI is InChI=1S/C19H23FN4O2/c1-4-5-10-23-17-15(18(25)22-19(23)26)24(11-12(2)3)16(21-17)13-6-8-14(20)9-7-13/h6-9,12H,4-5,10-11H2,1-3H3,(H,22,25,26). The van der Waals surface area contributed by atoms with Crippen molar-refractivity contribution in [1.29, 1.82) is 0 Å². The number of nitrogens with zero attached hydrogens (tertiary/aromatic N) is 3. The molecule has 0 unspecified atom stereocenters. The molecule has 0 aliphatic rings. The van der Waals surface area contributed by atoms with Gasteiger partial charge in [0.1, 0.15) is 11.6 Å². The third kappa shape index (κ3) is 3.34. The van der Waals surface area contributed by atoms with Gasteiger partial charge in [-0.15, -0.1) is 0 Å². The van der Waals surface area contributed by atoms with E-state index in [1.165, 1.54) is 16.7 Å². The molecule has 0 fully saturated rings. The van der Waals surface area contributed by atoms with Crippen LogP contribution in [0.4, 0.5) is 4.39 Å². The number of rotatable bonds is 6. The topological polar surface area (TPSA) is 72.7 Å². The lowest BCUT2D eigenvalue weighted by Crippen LogP contribution is -2.31. The van der Waals surface area contributed by atoms with Gasteiger partial charge in [-0.3, -0.25) is 14.3 Å². The second kappa shape index (κ2) is 7.27. The molecule has 138 valence electrons. The molecular formula is C19H23FN4O2. The summed E-state index contributed by atoms with van der Waals surface area (Å²) in [7, 11) is 0. The molecule has 0 radical (unpaired) electrons. The van der Waals surface area contributed by atoms with Gasteiger partial charge in [-0.05, 0) is 36.6 Å². The van der Waals surface area contributed by atoms with Crippen LogP contribution in [0.15, 0.2) is 33.9 Å². The number of imidazole rings is 1. The molecule has 7 heteroatoms. The zero-order chi connectivity index (χ0) is 18.8. The van der Waals surface area contributed by atoms with E-state index in [-0.39, 0.29) is 11.7 Å². The zero-order valence-corrected chi connectivity index (χ0v) is 15.3. The number of H-pyrrole nitrogens is 1. The van der Waals surface area contributed by atoms with E-state index < -0.39 is 11.2 Å². The zero-order valence-electron chi connectivity index (χ0n) is 15.3. The Kier molecular flexibility index (Phi) is 5.06. The largest absolute Gasteiger partial charge is 0.330 e. The fourth-order valence-electron chi connectivity index (χ4n) is 3.06. The normalized spacial score (nSPS) is 11.6. The summed E-state index contributed by atoms with van der Waals surface area (Å²) in [5, 5.41) is 0. The Morgan fingerprint density at radius 1 is 1.15 bits per heavy atom. The van der Waals surface area contributed by atoms with Crippen LogP contribution in [-0.4, -0.2) is 19.1 Å². The van der Waals surface area contributed by atoms with E-state index in [1.807, 2.05) is 25.3 Å². The van der Waals surface area contributed by atoms with Gasteiger partial charge in [0.05, 0.1) is 0 Å². The number of hydrogen-bond acceptors (Lipinski definition) is 3. The van der Waals surface area contributed by atoms with Crippen LogP contribution >= 0.6 is 0 Å². The molecule has 6 nitrogen and oxygen atoms in total. The van der Waals surface area contributed by atoms with Crippen molar-refractivity contribution in [3.05, 3.63) is 50.9 Å². The minimum absolute atomic E-state index is 0.266. The van der Waals surface area contributed by atoms with Crippen LogP contribution < -0.4 is 11.2 Å². The second-order valence-electron chi connectivity index (χ2n) is 6.88. The molecule has 26 heavy (non-hydrogen) atoms. The number of aromatic nitrogens is 4. The van der Waals surface area contributed by atoms with E-state index in [4.69, 9.17) is 0 Å². The first-order valence-electron chi connectivity index (χ1n) is 8.91. The van der Waals surface area contributed by atoms with Crippen LogP contribution in [0.1, 0.15) is 33.6 Å². The van der Waals surface area contributed by atoms with E-state index in [9.17, 15) is 14.0 Å². The van der Waals surface area contributed by atoms with Crippen LogP contribution in [0.3, 0.4) is 0 Å². The van der Waals surface area contributed by atoms with E-state index in [2.05, 4.69) is 9.97 Å². The Balaban J connectivity index is 2.33. The highest BCUT2D eigenvalue weighted by Crippen LogP contribution is 2.24. The molecule has 0 saturated carbocycles. The number of unbranched alkanes of at least 4 members (excludes halogenated alkanes) is 1. The highest BCUT2D eigenvalue weighted by atomic mass is 19.1. The molecule has 2 heterocycles. The first-order chi connectivity index (χ1) is 12.4. The fraction of sp³-hybridized carbons (Fsp3) is 0.421. The highest BCUT2D eigenvalue weighted by molar-refractivity contribution is 5.77. The van der Waals surface area contributed by atoms with Gasteiger partial charge in [0, 0.05) is 18.7 Å². The minimum Gasteiger partial charge on any atom is -0.318 e. The summed E-state index contributed by atoms with van der Waals surface area (Å²) in [6.07, 6.45) is 1.73. The monoisotopic (exact) mass is 358 g/mol. The van der Waals surface area contributed by atoms with Crippen LogP contribution in [0.5, 0.6) is 0 Å². The van der Waals surface area contributed by atoms with E-state index in [0.29, 0.717) is 35.6 Å². The van der Waals surface area contributed by atoms with Gasteiger partial charge in [0.25, 0.3) is 5.56 Å². The molecule has 1 aromatic carbocycles. The van der Waals surface area contributed by atoms with Crippen molar-refractivity contribution in [3.63, 3.8) is 0 Å². The van der Waals surface area contributed by atoms with Crippen LogP contribution in [0, 0.1) is 11.7 Å². The summed E-state index contributed by atoms with van der Waals surface area (Å²) >= 11 is 0. The van der Waals surface area contributed by atoms with Crippen LogP contribution in [-0.2, 0) is 13.1 Å². The molecule has 0 amide bonds. The Morgan fingerprint density at radius 2 is 1.85 bits per heavy atom. The third-order valence-corrected chi connectivity index (χ3v) is 4.27. The maximum atomic E-state index is 13.3. The van der Waals surface area contributed by atoms with Crippen molar-refractivity contribution in [2.45, 2.75) is 46.7 Å². The van der Waals surface area contributed by atoms with Gasteiger partial charge in [-0.25, -0.2) is 14.2 Å². The number of fused-ring (bicyclic) bond motifs is 1. The summed E-state index contributed by atoms with van der Waals surface area (Å²) < 4.78 is 16.7. The smallest absolute Gasteiger partial charge is 0.318 e. The van der Waals surface area contributed by atoms with Gasteiger partial charge in [0.15, 0.2) is 11.2 Å². The summed E-state index contributed by atoms with van der Waals surface area (Å²) in [6, 6.07) is 6.00. The van der Waals surface area contributed by atoms with Crippen molar-refractivity contribution < 1.29 is 4.39 Å². The third-order valence-electron chi connectivity index (χ3n) is 4.27. The van der Waals surface area contributed by atoms with Crippen LogP contribution in [0.25, 0.3) is 22.6 Å². The average Bonchev–Trinajstić information content (AvgIpc) is 2.94. The lowest BCUT2D eigenvalue weighted by atomic mass is 10.2. The molecule has 3 aromatic rings. The Bertz CT molecular complexity index is 1030. The number of nitrogens with one attached hydrogen (secondary N) is 1. The summed E-state index contributed by atoms with van der Waals surface area (Å²) in [5.41, 5.74) is 0.577. The lowest BCUT2D eigenvalue weighted by molar-refractivity contribution is 0.535. The molecule has 1 N–H and O–H groups in total. The molecule has 2 aromatic heterocycles. The van der Waals surface area contributed by atoms with Gasteiger partial charge >= 0.3 is 5.69 Å². The van der Waals surface area contributed by atoms with Gasteiger partial charge in [-0.1, -0.05) is 27.2 Å². The molecular weight excluding hydrogens is 335 g/mol. The van der Waals surface area contributed by atoms with Gasteiger partial charge in [-0.2, -0.15) is 0 Å².